The molecule has 0 unspecified atom stereocenters. The molecule has 2 heterocycles. The van der Waals surface area contributed by atoms with E-state index in [9.17, 15) is 4.79 Å². The first-order valence-electron chi connectivity index (χ1n) is 4.03. The number of halogens is 1. The van der Waals surface area contributed by atoms with Crippen molar-refractivity contribution >= 4 is 28.9 Å². The molecule has 2 rings (SSSR count). The van der Waals surface area contributed by atoms with Gasteiger partial charge in [-0.15, -0.1) is 11.3 Å². The van der Waals surface area contributed by atoms with E-state index in [-0.39, 0.29) is 11.7 Å². The molecule has 0 fully saturated rings. The molecule has 0 aliphatic rings. The summed E-state index contributed by atoms with van der Waals surface area (Å²) in [6.45, 7) is 1.59. The highest BCUT2D eigenvalue weighted by atomic mass is 35.5. The molecule has 15 heavy (non-hydrogen) atoms. The molecule has 78 valence electrons. The van der Waals surface area contributed by atoms with Crippen molar-refractivity contribution in [1.29, 1.82) is 0 Å². The van der Waals surface area contributed by atoms with Crippen LogP contribution in [0.25, 0.3) is 11.5 Å². The van der Waals surface area contributed by atoms with Crippen LogP contribution in [0, 0.1) is 6.92 Å². The van der Waals surface area contributed by atoms with Crippen LogP contribution in [0.3, 0.4) is 0 Å². The lowest BCUT2D eigenvalue weighted by Gasteiger charge is -1.86. The van der Waals surface area contributed by atoms with E-state index in [2.05, 4.69) is 4.98 Å². The SMILES string of the molecule is Cc1nc(-c2csc(Cl)c2)oc1C(=O)O. The van der Waals surface area contributed by atoms with E-state index >= 15 is 0 Å². The minimum atomic E-state index is -1.12. The van der Waals surface area contributed by atoms with Crippen molar-refractivity contribution in [2.24, 2.45) is 0 Å². The van der Waals surface area contributed by atoms with Gasteiger partial charge in [-0.25, -0.2) is 9.78 Å². The lowest BCUT2D eigenvalue weighted by Crippen LogP contribution is -1.95. The molecular weight excluding hydrogens is 238 g/mol. The van der Waals surface area contributed by atoms with Crippen LogP contribution in [0.4, 0.5) is 0 Å². The van der Waals surface area contributed by atoms with Crippen LogP contribution in [0.1, 0.15) is 16.2 Å². The molecule has 2 aromatic rings. The number of thiophene rings is 1. The van der Waals surface area contributed by atoms with Gasteiger partial charge in [0.1, 0.15) is 0 Å². The van der Waals surface area contributed by atoms with E-state index in [0.717, 1.165) is 0 Å². The minimum Gasteiger partial charge on any atom is -0.475 e. The molecule has 0 aliphatic carbocycles. The first kappa shape index (κ1) is 10.2. The second kappa shape index (κ2) is 3.67. The number of aromatic nitrogens is 1. The lowest BCUT2D eigenvalue weighted by molar-refractivity contribution is 0.0662. The van der Waals surface area contributed by atoms with Crippen molar-refractivity contribution in [2.75, 3.05) is 0 Å². The van der Waals surface area contributed by atoms with Crippen molar-refractivity contribution in [2.45, 2.75) is 6.92 Å². The fourth-order valence-electron chi connectivity index (χ4n) is 1.14. The molecule has 0 amide bonds. The summed E-state index contributed by atoms with van der Waals surface area (Å²) in [5, 5.41) is 10.5. The summed E-state index contributed by atoms with van der Waals surface area (Å²) in [6.07, 6.45) is 0. The summed E-state index contributed by atoms with van der Waals surface area (Å²) < 4.78 is 5.72. The Kier molecular flexibility index (Phi) is 2.50. The number of aryl methyl sites for hydroxylation is 1. The largest absolute Gasteiger partial charge is 0.475 e. The van der Waals surface area contributed by atoms with E-state index < -0.39 is 5.97 Å². The zero-order valence-electron chi connectivity index (χ0n) is 7.65. The van der Waals surface area contributed by atoms with Crippen LogP contribution in [-0.4, -0.2) is 16.1 Å². The smallest absolute Gasteiger partial charge is 0.373 e. The zero-order chi connectivity index (χ0) is 11.0. The van der Waals surface area contributed by atoms with E-state index in [4.69, 9.17) is 21.1 Å². The van der Waals surface area contributed by atoms with Crippen LogP contribution in [-0.2, 0) is 0 Å². The first-order valence-corrected chi connectivity index (χ1v) is 5.29. The van der Waals surface area contributed by atoms with Crippen LogP contribution in [0.15, 0.2) is 15.9 Å². The minimum absolute atomic E-state index is 0.132. The number of oxazole rings is 1. The average Bonchev–Trinajstić information content (AvgIpc) is 2.71. The molecule has 0 aliphatic heterocycles. The number of aromatic carboxylic acids is 1. The number of hydrogen-bond donors (Lipinski definition) is 1. The van der Waals surface area contributed by atoms with Gasteiger partial charge < -0.3 is 9.52 Å². The lowest BCUT2D eigenvalue weighted by atomic mass is 10.3. The summed E-state index contributed by atoms with van der Waals surface area (Å²) in [7, 11) is 0. The molecule has 2 aromatic heterocycles. The number of carboxylic acid groups (broad SMARTS) is 1. The Morgan fingerprint density at radius 2 is 2.40 bits per heavy atom. The number of carbonyl (C=O) groups is 1. The first-order chi connectivity index (χ1) is 7.08. The second-order valence-corrected chi connectivity index (χ2v) is 4.42. The maximum Gasteiger partial charge on any atom is 0.373 e. The summed E-state index contributed by atoms with van der Waals surface area (Å²) in [4.78, 5) is 14.7. The van der Waals surface area contributed by atoms with Crippen molar-refractivity contribution < 1.29 is 14.3 Å². The van der Waals surface area contributed by atoms with Gasteiger partial charge >= 0.3 is 5.97 Å². The molecule has 0 aromatic carbocycles. The van der Waals surface area contributed by atoms with E-state index in [0.29, 0.717) is 15.6 Å². The molecule has 4 nitrogen and oxygen atoms in total. The predicted molar refractivity (Wildman–Crippen MR) is 56.5 cm³/mol. The Morgan fingerprint density at radius 3 is 2.87 bits per heavy atom. The van der Waals surface area contributed by atoms with Gasteiger partial charge in [-0.05, 0) is 13.0 Å². The standard InChI is InChI=1S/C9H6ClNO3S/c1-4-7(9(12)13)14-8(11-4)5-2-6(10)15-3-5/h2-3H,1H3,(H,12,13). The number of hydrogen-bond acceptors (Lipinski definition) is 4. The van der Waals surface area contributed by atoms with E-state index in [1.54, 1.807) is 18.4 Å². The fraction of sp³-hybridized carbons (Fsp3) is 0.111. The fourth-order valence-corrected chi connectivity index (χ4v) is 2.00. The van der Waals surface area contributed by atoms with Gasteiger partial charge in [0.15, 0.2) is 0 Å². The van der Waals surface area contributed by atoms with Gasteiger partial charge in [-0.3, -0.25) is 0 Å². The second-order valence-electron chi connectivity index (χ2n) is 2.88. The Bertz CT molecular complexity index is 517. The third kappa shape index (κ3) is 1.88. The molecule has 0 saturated carbocycles. The highest BCUT2D eigenvalue weighted by Gasteiger charge is 2.17. The van der Waals surface area contributed by atoms with Gasteiger partial charge in [0.25, 0.3) is 0 Å². The van der Waals surface area contributed by atoms with Gasteiger partial charge in [0.2, 0.25) is 11.7 Å². The molecule has 0 bridgehead atoms. The Hall–Kier alpha value is -1.33. The van der Waals surface area contributed by atoms with Crippen molar-refractivity contribution in [3.63, 3.8) is 0 Å². The van der Waals surface area contributed by atoms with Crippen LogP contribution in [0.5, 0.6) is 0 Å². The molecule has 0 radical (unpaired) electrons. The number of carboxylic acids is 1. The Balaban J connectivity index is 2.46. The Morgan fingerprint density at radius 1 is 1.67 bits per heavy atom. The average molecular weight is 244 g/mol. The highest BCUT2D eigenvalue weighted by molar-refractivity contribution is 7.14. The zero-order valence-corrected chi connectivity index (χ0v) is 9.22. The quantitative estimate of drug-likeness (QED) is 0.881. The molecular formula is C9H6ClNO3S. The summed E-state index contributed by atoms with van der Waals surface area (Å²) in [6, 6.07) is 1.68. The van der Waals surface area contributed by atoms with Crippen molar-refractivity contribution in [3.8, 4) is 11.5 Å². The van der Waals surface area contributed by atoms with Gasteiger partial charge in [0, 0.05) is 10.9 Å². The molecule has 1 N–H and O–H groups in total. The van der Waals surface area contributed by atoms with Crippen LogP contribution >= 0.6 is 22.9 Å². The highest BCUT2D eigenvalue weighted by Crippen LogP contribution is 2.29. The molecule has 0 saturated heterocycles. The van der Waals surface area contributed by atoms with Crippen LogP contribution < -0.4 is 0 Å². The monoisotopic (exact) mass is 243 g/mol. The maximum atomic E-state index is 10.7. The Labute approximate surface area is 94.1 Å². The van der Waals surface area contributed by atoms with Gasteiger partial charge in [0.05, 0.1) is 10.0 Å². The third-order valence-electron chi connectivity index (χ3n) is 1.81. The van der Waals surface area contributed by atoms with Crippen LogP contribution in [0.2, 0.25) is 4.34 Å². The van der Waals surface area contributed by atoms with E-state index in [1.165, 1.54) is 11.3 Å². The topological polar surface area (TPSA) is 63.3 Å². The molecule has 0 spiro atoms. The normalized spacial score (nSPS) is 10.5. The van der Waals surface area contributed by atoms with Crippen molar-refractivity contribution in [1.82, 2.24) is 4.98 Å². The molecule has 0 atom stereocenters. The number of rotatable bonds is 2. The van der Waals surface area contributed by atoms with Gasteiger partial charge in [-0.2, -0.15) is 0 Å². The molecule has 6 heteroatoms. The predicted octanol–water partition coefficient (Wildman–Crippen LogP) is 3.06. The summed E-state index contributed by atoms with van der Waals surface area (Å²) >= 11 is 7.09. The maximum absolute atomic E-state index is 10.7. The number of nitrogens with zero attached hydrogens (tertiary/aromatic N) is 1. The van der Waals surface area contributed by atoms with E-state index in [1.807, 2.05) is 0 Å². The summed E-state index contributed by atoms with van der Waals surface area (Å²) in [5.41, 5.74) is 1.06. The third-order valence-corrected chi connectivity index (χ3v) is 2.90. The summed E-state index contributed by atoms with van der Waals surface area (Å²) in [5.74, 6) is -0.965. The van der Waals surface area contributed by atoms with Crippen molar-refractivity contribution in [3.05, 3.63) is 27.2 Å². The van der Waals surface area contributed by atoms with Gasteiger partial charge in [-0.1, -0.05) is 11.6 Å².